The zero-order valence-corrected chi connectivity index (χ0v) is 28.9. The van der Waals surface area contributed by atoms with E-state index in [1.165, 1.54) is 71.2 Å². The van der Waals surface area contributed by atoms with Crippen molar-refractivity contribution >= 4 is 54.3 Å². The summed E-state index contributed by atoms with van der Waals surface area (Å²) < 4.78 is 2.35. The van der Waals surface area contributed by atoms with Crippen LogP contribution in [0.15, 0.2) is 164 Å². The SMILES string of the molecule is CC1(C)c2ccccc2-c2c1c1ccccc1c1c3ccccc3n(-c3nc(-c4ccc5ccc(-c6ccccc6)cc5c4)c4ccccc4n3)c21. The largest absolute Gasteiger partial charge is 0.277 e. The molecule has 3 nitrogen and oxygen atoms in total. The van der Waals surface area contributed by atoms with E-state index in [9.17, 15) is 0 Å². The number of fused-ring (bicyclic) bond motifs is 12. The highest BCUT2D eigenvalue weighted by atomic mass is 15.2. The molecular formula is C49H33N3. The molecule has 1 aliphatic rings. The molecule has 1 aliphatic carbocycles. The molecule has 0 bridgehead atoms. The number of benzene rings is 8. The Kier molecular flexibility index (Phi) is 6.01. The smallest absolute Gasteiger partial charge is 0.235 e. The van der Waals surface area contributed by atoms with Crippen molar-refractivity contribution in [3.63, 3.8) is 0 Å². The van der Waals surface area contributed by atoms with Crippen LogP contribution in [0.5, 0.6) is 0 Å². The number of rotatable bonds is 3. The van der Waals surface area contributed by atoms with E-state index in [0.29, 0.717) is 5.95 Å². The van der Waals surface area contributed by atoms with Crippen molar-refractivity contribution in [2.75, 3.05) is 0 Å². The third kappa shape index (κ3) is 4.02. The average Bonchev–Trinajstić information content (AvgIpc) is 3.67. The maximum atomic E-state index is 5.55. The molecule has 2 heterocycles. The molecular weight excluding hydrogens is 631 g/mol. The van der Waals surface area contributed by atoms with E-state index in [2.05, 4.69) is 182 Å². The quantitative estimate of drug-likeness (QED) is 0.188. The van der Waals surface area contributed by atoms with Gasteiger partial charge in [-0.05, 0) is 73.6 Å². The molecule has 0 saturated heterocycles. The first-order valence-corrected chi connectivity index (χ1v) is 18.0. The summed E-state index contributed by atoms with van der Waals surface area (Å²) in [5.41, 5.74) is 12.7. The van der Waals surface area contributed by atoms with Gasteiger partial charge in [-0.2, -0.15) is 0 Å². The van der Waals surface area contributed by atoms with Gasteiger partial charge in [-0.1, -0.05) is 153 Å². The molecule has 10 aromatic rings. The normalized spacial score (nSPS) is 13.3. The monoisotopic (exact) mass is 663 g/mol. The van der Waals surface area contributed by atoms with Gasteiger partial charge in [-0.3, -0.25) is 4.57 Å². The maximum absolute atomic E-state index is 5.55. The summed E-state index contributed by atoms with van der Waals surface area (Å²) in [7, 11) is 0. The van der Waals surface area contributed by atoms with E-state index in [0.717, 1.165) is 27.7 Å². The van der Waals surface area contributed by atoms with Crippen molar-refractivity contribution in [2.24, 2.45) is 0 Å². The lowest BCUT2D eigenvalue weighted by molar-refractivity contribution is 0.666. The Morgan fingerprint density at radius 3 is 2.00 bits per heavy atom. The molecule has 0 fully saturated rings. The second-order valence-corrected chi connectivity index (χ2v) is 14.6. The minimum Gasteiger partial charge on any atom is -0.277 e. The van der Waals surface area contributed by atoms with Crippen LogP contribution < -0.4 is 0 Å². The summed E-state index contributed by atoms with van der Waals surface area (Å²) in [4.78, 5) is 10.9. The fourth-order valence-corrected chi connectivity index (χ4v) is 9.01. The second-order valence-electron chi connectivity index (χ2n) is 14.6. The molecule has 8 aromatic carbocycles. The molecule has 244 valence electrons. The zero-order valence-electron chi connectivity index (χ0n) is 28.9. The minimum absolute atomic E-state index is 0.180. The topological polar surface area (TPSA) is 30.7 Å². The highest BCUT2D eigenvalue weighted by Gasteiger charge is 2.40. The van der Waals surface area contributed by atoms with Crippen molar-refractivity contribution < 1.29 is 0 Å². The van der Waals surface area contributed by atoms with Crippen LogP contribution in [-0.2, 0) is 5.41 Å². The van der Waals surface area contributed by atoms with Gasteiger partial charge in [0, 0.05) is 32.7 Å². The van der Waals surface area contributed by atoms with Gasteiger partial charge in [-0.25, -0.2) is 9.97 Å². The van der Waals surface area contributed by atoms with E-state index in [1.807, 2.05) is 0 Å². The molecule has 0 radical (unpaired) electrons. The average molecular weight is 664 g/mol. The van der Waals surface area contributed by atoms with Crippen molar-refractivity contribution in [1.82, 2.24) is 14.5 Å². The number of hydrogen-bond donors (Lipinski definition) is 0. The molecule has 0 aliphatic heterocycles. The van der Waals surface area contributed by atoms with Crippen LogP contribution in [0, 0.1) is 0 Å². The van der Waals surface area contributed by atoms with Crippen LogP contribution in [0.25, 0.3) is 93.7 Å². The van der Waals surface area contributed by atoms with E-state index in [-0.39, 0.29) is 5.41 Å². The highest BCUT2D eigenvalue weighted by Crippen LogP contribution is 2.56. The predicted octanol–water partition coefficient (Wildman–Crippen LogP) is 12.7. The summed E-state index contributed by atoms with van der Waals surface area (Å²) in [6.07, 6.45) is 0. The lowest BCUT2D eigenvalue weighted by Gasteiger charge is -2.23. The van der Waals surface area contributed by atoms with Gasteiger partial charge in [0.05, 0.1) is 22.2 Å². The second kappa shape index (κ2) is 10.7. The summed E-state index contributed by atoms with van der Waals surface area (Å²) in [5.74, 6) is 0.678. The standard InChI is InChI=1S/C49H33N3/c1-49(2)40-21-11-8-18-37(40)44-45(49)36-17-7-6-16-35(36)43-39-20-10-13-23-42(39)52(47(43)44)48-50-41-22-12-9-19-38(41)46(51-48)33-27-25-31-24-26-32(28-34(31)29-33)30-14-4-3-5-15-30/h3-29H,1-2H3. The molecule has 0 N–H and O–H groups in total. The Hall–Kier alpha value is -6.58. The van der Waals surface area contributed by atoms with Gasteiger partial charge in [0.2, 0.25) is 5.95 Å². The zero-order chi connectivity index (χ0) is 34.6. The van der Waals surface area contributed by atoms with Gasteiger partial charge >= 0.3 is 0 Å². The molecule has 0 unspecified atom stereocenters. The summed E-state index contributed by atoms with van der Waals surface area (Å²) in [5, 5.41) is 8.44. The number of nitrogens with zero attached hydrogens (tertiary/aromatic N) is 3. The Bertz CT molecular complexity index is 3100. The van der Waals surface area contributed by atoms with Crippen molar-refractivity contribution in [1.29, 1.82) is 0 Å². The van der Waals surface area contributed by atoms with Crippen LogP contribution in [0.4, 0.5) is 0 Å². The van der Waals surface area contributed by atoms with E-state index >= 15 is 0 Å². The van der Waals surface area contributed by atoms with Crippen LogP contribution in [0.1, 0.15) is 25.0 Å². The Balaban J connectivity index is 1.25. The molecule has 52 heavy (non-hydrogen) atoms. The number of aromatic nitrogens is 3. The van der Waals surface area contributed by atoms with Crippen LogP contribution in [0.2, 0.25) is 0 Å². The Morgan fingerprint density at radius 2 is 1.15 bits per heavy atom. The molecule has 0 atom stereocenters. The molecule has 0 saturated carbocycles. The third-order valence-corrected chi connectivity index (χ3v) is 11.3. The fourth-order valence-electron chi connectivity index (χ4n) is 9.01. The first kappa shape index (κ1) is 29.2. The first-order chi connectivity index (χ1) is 25.6. The summed E-state index contributed by atoms with van der Waals surface area (Å²) in [6.45, 7) is 4.74. The summed E-state index contributed by atoms with van der Waals surface area (Å²) in [6, 6.07) is 59.1. The van der Waals surface area contributed by atoms with Gasteiger partial charge in [0.25, 0.3) is 0 Å². The van der Waals surface area contributed by atoms with Crippen molar-refractivity contribution in [3.8, 4) is 39.5 Å². The van der Waals surface area contributed by atoms with Crippen molar-refractivity contribution in [2.45, 2.75) is 19.3 Å². The Morgan fingerprint density at radius 1 is 0.500 bits per heavy atom. The number of hydrogen-bond acceptors (Lipinski definition) is 2. The summed E-state index contributed by atoms with van der Waals surface area (Å²) >= 11 is 0. The van der Waals surface area contributed by atoms with Crippen LogP contribution in [-0.4, -0.2) is 14.5 Å². The fraction of sp³-hybridized carbons (Fsp3) is 0.0612. The maximum Gasteiger partial charge on any atom is 0.235 e. The van der Waals surface area contributed by atoms with Crippen LogP contribution in [0.3, 0.4) is 0 Å². The molecule has 0 amide bonds. The molecule has 11 rings (SSSR count). The van der Waals surface area contributed by atoms with Gasteiger partial charge in [-0.15, -0.1) is 0 Å². The van der Waals surface area contributed by atoms with Crippen molar-refractivity contribution in [3.05, 3.63) is 175 Å². The first-order valence-electron chi connectivity index (χ1n) is 18.0. The molecule has 3 heteroatoms. The number of para-hydroxylation sites is 2. The predicted molar refractivity (Wildman–Crippen MR) is 217 cm³/mol. The van der Waals surface area contributed by atoms with E-state index in [1.54, 1.807) is 0 Å². The molecule has 0 spiro atoms. The van der Waals surface area contributed by atoms with E-state index < -0.39 is 0 Å². The van der Waals surface area contributed by atoms with Gasteiger partial charge in [0.15, 0.2) is 0 Å². The molecule has 2 aromatic heterocycles. The van der Waals surface area contributed by atoms with Gasteiger partial charge in [0.1, 0.15) is 0 Å². The lowest BCUT2D eigenvalue weighted by atomic mass is 9.79. The highest BCUT2D eigenvalue weighted by molar-refractivity contribution is 6.27. The van der Waals surface area contributed by atoms with E-state index in [4.69, 9.17) is 9.97 Å². The third-order valence-electron chi connectivity index (χ3n) is 11.3. The Labute approximate surface area is 301 Å². The minimum atomic E-state index is -0.180. The lowest BCUT2D eigenvalue weighted by Crippen LogP contribution is -2.15. The van der Waals surface area contributed by atoms with Gasteiger partial charge < -0.3 is 0 Å². The van der Waals surface area contributed by atoms with Crippen LogP contribution >= 0.6 is 0 Å².